The van der Waals surface area contributed by atoms with Gasteiger partial charge in [0.25, 0.3) is 5.91 Å². The Hall–Kier alpha value is -3.38. The molecule has 0 saturated carbocycles. The fraction of sp³-hybridized carbons (Fsp3) is 0. The summed E-state index contributed by atoms with van der Waals surface area (Å²) in [6, 6.07) is 15.6. The molecule has 1 fully saturated rings. The molecule has 27 heavy (non-hydrogen) atoms. The number of amides is 3. The number of nitrogens with one attached hydrogen (secondary N) is 1. The molecular weight excluding hydrogens is 369 g/mol. The van der Waals surface area contributed by atoms with Gasteiger partial charge in [0.2, 0.25) is 0 Å². The van der Waals surface area contributed by atoms with Gasteiger partial charge >= 0.3 is 6.03 Å². The number of rotatable bonds is 3. The molecule has 1 aliphatic heterocycles. The van der Waals surface area contributed by atoms with Crippen molar-refractivity contribution in [1.29, 1.82) is 0 Å². The molecule has 0 bridgehead atoms. The summed E-state index contributed by atoms with van der Waals surface area (Å²) in [6.45, 7) is 0. The lowest BCUT2D eigenvalue weighted by Gasteiger charge is -2.11. The summed E-state index contributed by atoms with van der Waals surface area (Å²) in [5.74, 6) is -0.887. The van der Waals surface area contributed by atoms with Gasteiger partial charge in [-0.15, -0.1) is 0 Å². The van der Waals surface area contributed by atoms with E-state index in [1.165, 1.54) is 12.1 Å². The maximum Gasteiger partial charge on any atom is 0.333 e. The minimum absolute atomic E-state index is 0.103. The highest BCUT2D eigenvalue weighted by Gasteiger charge is 2.35. The van der Waals surface area contributed by atoms with Crippen molar-refractivity contribution in [2.24, 2.45) is 0 Å². The summed E-state index contributed by atoms with van der Waals surface area (Å²) in [7, 11) is 0. The summed E-state index contributed by atoms with van der Waals surface area (Å²) in [5, 5.41) is 3.06. The molecule has 5 nitrogen and oxygen atoms in total. The van der Waals surface area contributed by atoms with E-state index in [1.807, 2.05) is 0 Å². The van der Waals surface area contributed by atoms with Gasteiger partial charge in [-0.2, -0.15) is 0 Å². The predicted molar refractivity (Wildman–Crippen MR) is 101 cm³/mol. The van der Waals surface area contributed by atoms with Gasteiger partial charge in [-0.25, -0.2) is 14.1 Å². The fourth-order valence-electron chi connectivity index (χ4n) is 2.89. The normalized spacial score (nSPS) is 15.5. The molecule has 1 aliphatic rings. The lowest BCUT2D eigenvalue weighted by Crippen LogP contribution is -2.30. The van der Waals surface area contributed by atoms with E-state index in [2.05, 4.69) is 5.32 Å². The van der Waals surface area contributed by atoms with Crippen molar-refractivity contribution in [2.45, 2.75) is 0 Å². The second-order valence-electron chi connectivity index (χ2n) is 5.86. The van der Waals surface area contributed by atoms with Crippen molar-refractivity contribution in [2.75, 3.05) is 4.90 Å². The van der Waals surface area contributed by atoms with Crippen LogP contribution in [0.15, 0.2) is 72.6 Å². The van der Waals surface area contributed by atoms with E-state index in [9.17, 15) is 14.0 Å². The molecule has 7 heteroatoms. The van der Waals surface area contributed by atoms with Crippen LogP contribution in [-0.4, -0.2) is 16.5 Å². The number of halogens is 2. The average Bonchev–Trinajstić information content (AvgIpc) is 3.21. The number of nitrogens with zero attached hydrogens (tertiary/aromatic N) is 2. The first kappa shape index (κ1) is 17.1. The molecule has 1 saturated heterocycles. The van der Waals surface area contributed by atoms with Crippen molar-refractivity contribution in [1.82, 2.24) is 9.88 Å². The van der Waals surface area contributed by atoms with Gasteiger partial charge in [0.1, 0.15) is 11.5 Å². The minimum Gasteiger partial charge on any atom is -0.314 e. The highest BCUT2D eigenvalue weighted by atomic mass is 35.5. The average molecular weight is 382 g/mol. The van der Waals surface area contributed by atoms with Gasteiger partial charge in [-0.05, 0) is 54.6 Å². The second-order valence-corrected chi connectivity index (χ2v) is 6.30. The summed E-state index contributed by atoms with van der Waals surface area (Å²) < 4.78 is 15.7. The molecule has 4 rings (SSSR count). The first-order valence-electron chi connectivity index (χ1n) is 8.09. The SMILES string of the molecule is O=C1N/C(=C/c2cccn2-c2ccccc2F)C(=O)N1c1ccc(Cl)cc1. The zero-order valence-corrected chi connectivity index (χ0v) is 14.7. The van der Waals surface area contributed by atoms with Crippen molar-refractivity contribution in [3.8, 4) is 5.69 Å². The van der Waals surface area contributed by atoms with Crippen molar-refractivity contribution in [3.05, 3.63) is 89.1 Å². The van der Waals surface area contributed by atoms with E-state index in [4.69, 9.17) is 11.6 Å². The standard InChI is InChI=1S/C20H13ClFN3O2/c21-13-7-9-14(10-8-13)25-19(26)17(23-20(25)27)12-15-4-3-11-24(15)18-6-2-1-5-16(18)22/h1-12H,(H,23,27)/b17-12+. The molecule has 134 valence electrons. The Morgan fingerprint density at radius 3 is 2.44 bits per heavy atom. The minimum atomic E-state index is -0.558. The van der Waals surface area contributed by atoms with E-state index >= 15 is 0 Å². The number of carbonyl (C=O) groups is 2. The molecule has 3 aromatic rings. The van der Waals surface area contributed by atoms with Crippen LogP contribution in [0.4, 0.5) is 14.9 Å². The molecule has 0 unspecified atom stereocenters. The highest BCUT2D eigenvalue weighted by molar-refractivity contribution is 6.31. The first-order chi connectivity index (χ1) is 13.0. The van der Waals surface area contributed by atoms with E-state index in [-0.39, 0.29) is 5.70 Å². The molecule has 0 aliphatic carbocycles. The van der Waals surface area contributed by atoms with E-state index in [0.717, 1.165) is 4.90 Å². The third-order valence-electron chi connectivity index (χ3n) is 4.15. The zero-order valence-electron chi connectivity index (χ0n) is 13.9. The maximum atomic E-state index is 14.1. The van der Waals surface area contributed by atoms with E-state index < -0.39 is 17.8 Å². The smallest absolute Gasteiger partial charge is 0.314 e. The van der Waals surface area contributed by atoms with Gasteiger partial charge < -0.3 is 9.88 Å². The van der Waals surface area contributed by atoms with Gasteiger partial charge in [-0.1, -0.05) is 23.7 Å². The predicted octanol–water partition coefficient (Wildman–Crippen LogP) is 4.37. The summed E-state index contributed by atoms with van der Waals surface area (Å²) in [6.07, 6.45) is 3.20. The topological polar surface area (TPSA) is 54.3 Å². The molecule has 2 aromatic carbocycles. The van der Waals surface area contributed by atoms with Crippen LogP contribution < -0.4 is 10.2 Å². The van der Waals surface area contributed by atoms with Crippen LogP contribution in [0.25, 0.3) is 11.8 Å². The Labute approximate surface area is 159 Å². The Morgan fingerprint density at radius 1 is 0.963 bits per heavy atom. The molecule has 0 spiro atoms. The summed E-state index contributed by atoms with van der Waals surface area (Å²) in [5.41, 5.74) is 1.42. The van der Waals surface area contributed by atoms with E-state index in [1.54, 1.807) is 65.4 Å². The molecule has 2 heterocycles. The lowest BCUT2D eigenvalue weighted by molar-refractivity contribution is -0.113. The van der Waals surface area contributed by atoms with Gasteiger partial charge in [-0.3, -0.25) is 4.79 Å². The summed E-state index contributed by atoms with van der Waals surface area (Å²) >= 11 is 5.85. The van der Waals surface area contributed by atoms with Crippen LogP contribution in [0.1, 0.15) is 5.69 Å². The number of anilines is 1. The van der Waals surface area contributed by atoms with Crippen molar-refractivity contribution >= 4 is 35.3 Å². The molecule has 0 atom stereocenters. The van der Waals surface area contributed by atoms with Crippen LogP contribution in [0, 0.1) is 5.82 Å². The largest absolute Gasteiger partial charge is 0.333 e. The number of aromatic nitrogens is 1. The number of imide groups is 1. The van der Waals surface area contributed by atoms with Gasteiger partial charge in [0, 0.05) is 16.9 Å². The Kier molecular flexibility index (Phi) is 4.25. The van der Waals surface area contributed by atoms with Crippen LogP contribution >= 0.6 is 11.6 Å². The summed E-state index contributed by atoms with van der Waals surface area (Å²) in [4.78, 5) is 26.0. The molecular formula is C20H13ClFN3O2. The van der Waals surface area contributed by atoms with Crippen molar-refractivity contribution in [3.63, 3.8) is 0 Å². The second kappa shape index (κ2) is 6.74. The number of benzene rings is 2. The molecule has 3 amide bonds. The number of hydrogen-bond acceptors (Lipinski definition) is 2. The van der Waals surface area contributed by atoms with Gasteiger partial charge in [0.15, 0.2) is 0 Å². The van der Waals surface area contributed by atoms with Crippen LogP contribution in [0.2, 0.25) is 5.02 Å². The molecule has 0 radical (unpaired) electrons. The van der Waals surface area contributed by atoms with Crippen LogP contribution in [-0.2, 0) is 4.79 Å². The van der Waals surface area contributed by atoms with Gasteiger partial charge in [0.05, 0.1) is 11.4 Å². The number of para-hydroxylation sites is 1. The Balaban J connectivity index is 1.70. The number of carbonyl (C=O) groups excluding carboxylic acids is 2. The molecule has 1 aromatic heterocycles. The third kappa shape index (κ3) is 3.11. The Morgan fingerprint density at radius 2 is 1.70 bits per heavy atom. The monoisotopic (exact) mass is 381 g/mol. The van der Waals surface area contributed by atoms with Crippen LogP contribution in [0.5, 0.6) is 0 Å². The fourth-order valence-corrected chi connectivity index (χ4v) is 3.01. The van der Waals surface area contributed by atoms with E-state index in [0.29, 0.717) is 22.1 Å². The maximum absolute atomic E-state index is 14.1. The Bertz CT molecular complexity index is 1070. The van der Waals surface area contributed by atoms with Crippen molar-refractivity contribution < 1.29 is 14.0 Å². The third-order valence-corrected chi connectivity index (χ3v) is 4.40. The lowest BCUT2D eigenvalue weighted by atomic mass is 10.2. The number of hydrogen-bond donors (Lipinski definition) is 1. The van der Waals surface area contributed by atoms with Crippen LogP contribution in [0.3, 0.4) is 0 Å². The quantitative estimate of drug-likeness (QED) is 0.541. The molecule has 1 N–H and O–H groups in total. The first-order valence-corrected chi connectivity index (χ1v) is 8.47. The highest BCUT2D eigenvalue weighted by Crippen LogP contribution is 2.25. The zero-order chi connectivity index (χ0) is 19.0. The number of urea groups is 1.